The molecule has 2 aromatic carbocycles. The molecule has 1 aliphatic heterocycles. The van der Waals surface area contributed by atoms with Crippen molar-refractivity contribution < 1.29 is 14.6 Å². The fraction of sp³-hybridized carbons (Fsp3) is 0.320. The van der Waals surface area contributed by atoms with Crippen LogP contribution in [0.3, 0.4) is 0 Å². The summed E-state index contributed by atoms with van der Waals surface area (Å²) in [5, 5.41) is 15.1. The highest BCUT2D eigenvalue weighted by Crippen LogP contribution is 2.32. The van der Waals surface area contributed by atoms with Crippen molar-refractivity contribution in [1.82, 2.24) is 4.90 Å². The average molecular weight is 450 g/mol. The number of thiophene rings is 1. The van der Waals surface area contributed by atoms with Gasteiger partial charge in [0, 0.05) is 41.9 Å². The third-order valence-corrected chi connectivity index (χ3v) is 7.16. The van der Waals surface area contributed by atoms with Gasteiger partial charge in [-0.15, -0.1) is 11.3 Å². The number of hydrogen-bond acceptors (Lipinski definition) is 5. The Kier molecular flexibility index (Phi) is 5.66. The lowest BCUT2D eigenvalue weighted by molar-refractivity contribution is 0.206. The van der Waals surface area contributed by atoms with Gasteiger partial charge in [0.1, 0.15) is 0 Å². The number of anilines is 2. The molecular formula is C25H27N3O3S. The molecule has 1 aromatic heterocycles. The molecule has 1 aliphatic carbocycles. The zero-order valence-electron chi connectivity index (χ0n) is 18.1. The van der Waals surface area contributed by atoms with Crippen LogP contribution in [0.15, 0.2) is 53.9 Å². The first-order chi connectivity index (χ1) is 15.6. The molecule has 0 spiro atoms. The van der Waals surface area contributed by atoms with Gasteiger partial charge in [-0.3, -0.25) is 0 Å². The van der Waals surface area contributed by atoms with Crippen LogP contribution in [0, 0.1) is 0 Å². The smallest absolute Gasteiger partial charge is 0.322 e. The van der Waals surface area contributed by atoms with Crippen LogP contribution in [0.2, 0.25) is 0 Å². The fourth-order valence-corrected chi connectivity index (χ4v) is 5.08. The minimum atomic E-state index is -0.104. The first-order valence-corrected chi connectivity index (χ1v) is 11.8. The van der Waals surface area contributed by atoms with Gasteiger partial charge in [0.2, 0.25) is 0 Å². The summed E-state index contributed by atoms with van der Waals surface area (Å²) in [5.74, 6) is 0.518. The fourth-order valence-electron chi connectivity index (χ4n) is 4.19. The number of nitrogens with zero attached hydrogens (tertiary/aromatic N) is 2. The summed E-state index contributed by atoms with van der Waals surface area (Å²) >= 11 is 1.85. The van der Waals surface area contributed by atoms with Crippen molar-refractivity contribution in [2.24, 2.45) is 0 Å². The number of carbonyl (C=O) groups is 1. The number of hydrogen-bond donors (Lipinski definition) is 2. The molecule has 166 valence electrons. The van der Waals surface area contributed by atoms with E-state index in [0.717, 1.165) is 43.6 Å². The Morgan fingerprint density at radius 1 is 1.22 bits per heavy atom. The first kappa shape index (κ1) is 20.7. The molecule has 2 aliphatic rings. The van der Waals surface area contributed by atoms with Gasteiger partial charge in [0.15, 0.2) is 11.5 Å². The van der Waals surface area contributed by atoms with Gasteiger partial charge >= 0.3 is 6.03 Å². The highest BCUT2D eigenvalue weighted by molar-refractivity contribution is 7.10. The van der Waals surface area contributed by atoms with Gasteiger partial charge in [-0.25, -0.2) is 4.79 Å². The number of amides is 2. The molecule has 0 bridgehead atoms. The van der Waals surface area contributed by atoms with Gasteiger partial charge < -0.3 is 25.0 Å². The number of phenolic OH excluding ortho intramolecular Hbond substituents is 1. The Morgan fingerprint density at radius 3 is 2.78 bits per heavy atom. The van der Waals surface area contributed by atoms with E-state index in [1.54, 1.807) is 12.1 Å². The molecule has 1 saturated carbocycles. The summed E-state index contributed by atoms with van der Waals surface area (Å²) in [5.41, 5.74) is 4.32. The highest BCUT2D eigenvalue weighted by Gasteiger charge is 2.33. The molecule has 2 heterocycles. The number of fused-ring (bicyclic) bond motifs is 1. The molecular weight excluding hydrogens is 422 g/mol. The summed E-state index contributed by atoms with van der Waals surface area (Å²) in [7, 11) is 1.52. The zero-order valence-corrected chi connectivity index (χ0v) is 18.9. The lowest BCUT2D eigenvalue weighted by atomic mass is 10.1. The van der Waals surface area contributed by atoms with Crippen LogP contribution in [0.25, 0.3) is 0 Å². The molecule has 7 heteroatoms. The Bertz CT molecular complexity index is 1110. The number of benzene rings is 2. The minimum Gasteiger partial charge on any atom is -0.504 e. The topological polar surface area (TPSA) is 65.0 Å². The molecule has 5 rings (SSSR count). The molecule has 6 nitrogen and oxygen atoms in total. The lowest BCUT2D eigenvalue weighted by Crippen LogP contribution is -2.36. The maximum atomic E-state index is 13.0. The van der Waals surface area contributed by atoms with E-state index in [0.29, 0.717) is 12.3 Å². The van der Waals surface area contributed by atoms with Gasteiger partial charge in [0.25, 0.3) is 0 Å². The third kappa shape index (κ3) is 4.39. The van der Waals surface area contributed by atoms with Crippen molar-refractivity contribution in [3.05, 3.63) is 69.9 Å². The molecule has 1 fully saturated rings. The third-order valence-electron chi connectivity index (χ3n) is 6.14. The Balaban J connectivity index is 1.24. The Morgan fingerprint density at radius 2 is 2.03 bits per heavy atom. The van der Waals surface area contributed by atoms with Crippen LogP contribution in [-0.4, -0.2) is 35.7 Å². The molecule has 2 N–H and O–H groups in total. The van der Waals surface area contributed by atoms with Crippen LogP contribution >= 0.6 is 11.3 Å². The molecule has 32 heavy (non-hydrogen) atoms. The number of aromatic hydroxyl groups is 1. The Labute approximate surface area is 192 Å². The maximum absolute atomic E-state index is 13.0. The summed E-state index contributed by atoms with van der Waals surface area (Å²) in [6.45, 7) is 2.43. The number of carbonyl (C=O) groups excluding carboxylic acids is 1. The van der Waals surface area contributed by atoms with Crippen molar-refractivity contribution in [1.29, 1.82) is 0 Å². The first-order valence-electron chi connectivity index (χ1n) is 10.9. The van der Waals surface area contributed by atoms with E-state index in [9.17, 15) is 9.90 Å². The van der Waals surface area contributed by atoms with Crippen molar-refractivity contribution >= 4 is 28.7 Å². The number of urea groups is 1. The van der Waals surface area contributed by atoms with E-state index in [1.165, 1.54) is 23.2 Å². The SMILES string of the molecule is COc1cc(CN(C(=O)Nc2ccc(N3CCc4sccc4C3)cc2)C2CC2)ccc1O. The van der Waals surface area contributed by atoms with Gasteiger partial charge in [-0.05, 0) is 78.2 Å². The zero-order chi connectivity index (χ0) is 22.1. The molecule has 3 aromatic rings. The minimum absolute atomic E-state index is 0.0997. The summed E-state index contributed by atoms with van der Waals surface area (Å²) in [4.78, 5) is 18.8. The number of rotatable bonds is 6. The summed E-state index contributed by atoms with van der Waals surface area (Å²) in [6, 6.07) is 15.7. The quantitative estimate of drug-likeness (QED) is 0.541. The lowest BCUT2D eigenvalue weighted by Gasteiger charge is -2.29. The van der Waals surface area contributed by atoms with Crippen LogP contribution < -0.4 is 15.0 Å². The van der Waals surface area contributed by atoms with Gasteiger partial charge in [-0.2, -0.15) is 0 Å². The predicted octanol–water partition coefficient (Wildman–Crippen LogP) is 5.22. The summed E-state index contributed by atoms with van der Waals surface area (Å²) in [6.07, 6.45) is 3.12. The van der Waals surface area contributed by atoms with Crippen LogP contribution in [0.4, 0.5) is 16.2 Å². The second kappa shape index (κ2) is 8.74. The number of phenols is 1. The number of ether oxygens (including phenoxy) is 1. The normalized spacial score (nSPS) is 15.2. The Hall–Kier alpha value is -3.19. The monoisotopic (exact) mass is 449 g/mol. The molecule has 0 unspecified atom stereocenters. The van der Waals surface area contributed by atoms with E-state index < -0.39 is 0 Å². The highest BCUT2D eigenvalue weighted by atomic mass is 32.1. The van der Waals surface area contributed by atoms with Crippen molar-refractivity contribution in [3.63, 3.8) is 0 Å². The number of nitrogens with one attached hydrogen (secondary N) is 1. The standard InChI is InChI=1S/C25H27N3O3S/c1-31-23-14-17(2-9-22(23)29)15-28(21-7-8-21)25(30)26-19-3-5-20(6-4-19)27-12-10-24-18(16-27)11-13-32-24/h2-6,9,11,13-14,21,29H,7-8,10,12,15-16H2,1H3,(H,26,30). The van der Waals surface area contributed by atoms with Crippen LogP contribution in [-0.2, 0) is 19.5 Å². The van der Waals surface area contributed by atoms with Crippen molar-refractivity contribution in [2.45, 2.75) is 38.4 Å². The van der Waals surface area contributed by atoms with E-state index >= 15 is 0 Å². The molecule has 0 radical (unpaired) electrons. The van der Waals surface area contributed by atoms with E-state index in [4.69, 9.17) is 4.74 Å². The average Bonchev–Trinajstić information content (AvgIpc) is 3.54. The van der Waals surface area contributed by atoms with Gasteiger partial charge in [0.05, 0.1) is 7.11 Å². The summed E-state index contributed by atoms with van der Waals surface area (Å²) < 4.78 is 5.20. The molecule has 0 atom stereocenters. The second-order valence-corrected chi connectivity index (χ2v) is 9.38. The largest absolute Gasteiger partial charge is 0.504 e. The molecule has 0 saturated heterocycles. The predicted molar refractivity (Wildman–Crippen MR) is 128 cm³/mol. The van der Waals surface area contributed by atoms with Crippen LogP contribution in [0.5, 0.6) is 11.5 Å². The number of methoxy groups -OCH3 is 1. The van der Waals surface area contributed by atoms with Crippen molar-refractivity contribution in [3.8, 4) is 11.5 Å². The van der Waals surface area contributed by atoms with Crippen molar-refractivity contribution in [2.75, 3.05) is 23.9 Å². The van der Waals surface area contributed by atoms with E-state index in [-0.39, 0.29) is 17.8 Å². The van der Waals surface area contributed by atoms with Crippen LogP contribution in [0.1, 0.15) is 28.8 Å². The van der Waals surface area contributed by atoms with E-state index in [1.807, 2.05) is 34.4 Å². The van der Waals surface area contributed by atoms with Gasteiger partial charge in [-0.1, -0.05) is 6.07 Å². The second-order valence-electron chi connectivity index (χ2n) is 8.38. The molecule has 2 amide bonds. The van der Waals surface area contributed by atoms with E-state index in [2.05, 4.69) is 33.8 Å². The maximum Gasteiger partial charge on any atom is 0.322 e.